The van der Waals surface area contributed by atoms with Crippen LogP contribution in [-0.2, 0) is 20.9 Å². The van der Waals surface area contributed by atoms with Crippen LogP contribution in [-0.4, -0.2) is 57.6 Å². The molecule has 4 rings (SSSR count). The molecule has 144 valence electrons. The highest BCUT2D eigenvalue weighted by atomic mass is 16.5. The Kier molecular flexibility index (Phi) is 4.63. The van der Waals surface area contributed by atoms with Gasteiger partial charge < -0.3 is 19.5 Å². The van der Waals surface area contributed by atoms with Gasteiger partial charge in [-0.2, -0.15) is 0 Å². The predicted octanol–water partition coefficient (Wildman–Crippen LogP) is 1.71. The van der Waals surface area contributed by atoms with E-state index in [-0.39, 0.29) is 36.0 Å². The number of para-hydroxylation sites is 2. The molecule has 1 aromatic carbocycles. The van der Waals surface area contributed by atoms with E-state index in [4.69, 9.17) is 4.74 Å². The number of carbonyl (C=O) groups is 2. The first-order chi connectivity index (χ1) is 13.0. The number of likely N-dealkylation sites (tertiary alicyclic amines) is 1. The molecule has 27 heavy (non-hydrogen) atoms. The molecule has 2 aromatic rings. The SMILES string of the molecule is CO[C@@]12CC[C@@H](NC(C)=O)C[C@@H]1N(C(=O)Cn1cnc3ccccc31)CC2. The van der Waals surface area contributed by atoms with Gasteiger partial charge in [0.1, 0.15) is 6.54 Å². The maximum atomic E-state index is 13.1. The lowest BCUT2D eigenvalue weighted by molar-refractivity contribution is -0.138. The van der Waals surface area contributed by atoms with Crippen molar-refractivity contribution in [1.82, 2.24) is 19.8 Å². The summed E-state index contributed by atoms with van der Waals surface area (Å²) in [6, 6.07) is 7.91. The monoisotopic (exact) mass is 370 g/mol. The van der Waals surface area contributed by atoms with E-state index in [1.165, 1.54) is 0 Å². The fourth-order valence-electron chi connectivity index (χ4n) is 4.79. The molecule has 1 N–H and O–H groups in total. The molecule has 7 heteroatoms. The number of imidazole rings is 1. The summed E-state index contributed by atoms with van der Waals surface area (Å²) in [5.74, 6) is 0.0521. The number of ether oxygens (including phenoxy) is 1. The molecule has 0 spiro atoms. The molecule has 7 nitrogen and oxygen atoms in total. The molecule has 0 bridgehead atoms. The van der Waals surface area contributed by atoms with Gasteiger partial charge in [-0.3, -0.25) is 9.59 Å². The molecular formula is C20H26N4O3. The van der Waals surface area contributed by atoms with Crippen LogP contribution in [0.1, 0.15) is 32.6 Å². The Bertz CT molecular complexity index is 864. The number of methoxy groups -OCH3 is 1. The zero-order valence-electron chi connectivity index (χ0n) is 15.9. The Morgan fingerprint density at radius 1 is 1.33 bits per heavy atom. The van der Waals surface area contributed by atoms with Crippen LogP contribution in [0, 0.1) is 0 Å². The van der Waals surface area contributed by atoms with E-state index in [0.29, 0.717) is 6.54 Å². The second kappa shape index (κ2) is 6.96. The summed E-state index contributed by atoms with van der Waals surface area (Å²) < 4.78 is 7.82. The third-order valence-corrected chi connectivity index (χ3v) is 6.15. The Hall–Kier alpha value is -2.41. The topological polar surface area (TPSA) is 76.5 Å². The number of rotatable bonds is 4. The predicted molar refractivity (Wildman–Crippen MR) is 101 cm³/mol. The fraction of sp³-hybridized carbons (Fsp3) is 0.550. The minimum Gasteiger partial charge on any atom is -0.376 e. The Morgan fingerprint density at radius 2 is 2.15 bits per heavy atom. The highest BCUT2D eigenvalue weighted by Crippen LogP contribution is 2.42. The van der Waals surface area contributed by atoms with Gasteiger partial charge in [-0.25, -0.2) is 4.98 Å². The summed E-state index contributed by atoms with van der Waals surface area (Å²) in [6.07, 6.45) is 5.05. The lowest BCUT2D eigenvalue weighted by Gasteiger charge is -2.43. The van der Waals surface area contributed by atoms with Crippen molar-refractivity contribution in [3.05, 3.63) is 30.6 Å². The number of hydrogen-bond donors (Lipinski definition) is 1. The van der Waals surface area contributed by atoms with Crippen molar-refractivity contribution in [3.8, 4) is 0 Å². The standard InChI is InChI=1S/C20H26N4O3/c1-14(25)22-15-7-8-20(27-2)9-10-24(18(20)11-15)19(26)12-23-13-21-16-5-3-4-6-17(16)23/h3-6,13,15,18H,7-12H2,1-2H3,(H,22,25)/t15-,18+,20-/m1/s1. The molecule has 1 saturated heterocycles. The zero-order chi connectivity index (χ0) is 19.0. The van der Waals surface area contributed by atoms with Crippen molar-refractivity contribution in [2.75, 3.05) is 13.7 Å². The van der Waals surface area contributed by atoms with Gasteiger partial charge in [-0.1, -0.05) is 12.1 Å². The van der Waals surface area contributed by atoms with Crippen LogP contribution < -0.4 is 5.32 Å². The summed E-state index contributed by atoms with van der Waals surface area (Å²) in [6.45, 7) is 2.50. The largest absolute Gasteiger partial charge is 0.376 e. The van der Waals surface area contributed by atoms with E-state index in [2.05, 4.69) is 10.3 Å². The first-order valence-corrected chi connectivity index (χ1v) is 9.54. The van der Waals surface area contributed by atoms with Gasteiger partial charge in [-0.15, -0.1) is 0 Å². The van der Waals surface area contributed by atoms with Gasteiger partial charge in [0.2, 0.25) is 11.8 Å². The van der Waals surface area contributed by atoms with Crippen LogP contribution in [0.15, 0.2) is 30.6 Å². The summed E-state index contributed by atoms with van der Waals surface area (Å²) >= 11 is 0. The van der Waals surface area contributed by atoms with Crippen LogP contribution in [0.3, 0.4) is 0 Å². The van der Waals surface area contributed by atoms with Gasteiger partial charge in [0, 0.05) is 26.6 Å². The summed E-state index contributed by atoms with van der Waals surface area (Å²) in [4.78, 5) is 30.9. The Labute approximate surface area is 158 Å². The molecule has 0 unspecified atom stereocenters. The first-order valence-electron chi connectivity index (χ1n) is 9.54. The highest BCUT2D eigenvalue weighted by molar-refractivity contribution is 5.81. The van der Waals surface area contributed by atoms with Crippen LogP contribution in [0.25, 0.3) is 11.0 Å². The van der Waals surface area contributed by atoms with E-state index < -0.39 is 0 Å². The van der Waals surface area contributed by atoms with Crippen molar-refractivity contribution >= 4 is 22.8 Å². The molecule has 0 radical (unpaired) electrons. The van der Waals surface area contributed by atoms with E-state index >= 15 is 0 Å². The van der Waals surface area contributed by atoms with E-state index in [1.807, 2.05) is 33.7 Å². The number of benzene rings is 1. The third kappa shape index (κ3) is 3.20. The van der Waals surface area contributed by atoms with E-state index in [0.717, 1.165) is 36.7 Å². The Morgan fingerprint density at radius 3 is 2.93 bits per heavy atom. The molecule has 1 saturated carbocycles. The quantitative estimate of drug-likeness (QED) is 0.889. The van der Waals surface area contributed by atoms with Crippen LogP contribution in [0.2, 0.25) is 0 Å². The van der Waals surface area contributed by atoms with Crippen LogP contribution in [0.5, 0.6) is 0 Å². The number of nitrogens with zero attached hydrogens (tertiary/aromatic N) is 3. The molecule has 3 atom stereocenters. The number of nitrogens with one attached hydrogen (secondary N) is 1. The Balaban J connectivity index is 1.53. The smallest absolute Gasteiger partial charge is 0.242 e. The maximum absolute atomic E-state index is 13.1. The summed E-state index contributed by atoms with van der Waals surface area (Å²) in [5.41, 5.74) is 1.56. The maximum Gasteiger partial charge on any atom is 0.242 e. The molecule has 1 aromatic heterocycles. The normalized spacial score (nSPS) is 27.6. The second-order valence-electron chi connectivity index (χ2n) is 7.65. The van der Waals surface area contributed by atoms with Crippen molar-refractivity contribution in [2.24, 2.45) is 0 Å². The molecule has 2 heterocycles. The molecule has 2 aliphatic rings. The number of amides is 2. The molecule has 2 fully saturated rings. The highest BCUT2D eigenvalue weighted by Gasteiger charge is 2.52. The minimum atomic E-state index is -0.290. The average Bonchev–Trinajstić information content (AvgIpc) is 3.23. The van der Waals surface area contributed by atoms with Gasteiger partial charge in [0.05, 0.1) is 29.0 Å². The van der Waals surface area contributed by atoms with Gasteiger partial charge >= 0.3 is 0 Å². The van der Waals surface area contributed by atoms with E-state index in [9.17, 15) is 9.59 Å². The minimum absolute atomic E-state index is 0.00427. The second-order valence-corrected chi connectivity index (χ2v) is 7.65. The van der Waals surface area contributed by atoms with E-state index in [1.54, 1.807) is 20.4 Å². The molecule has 2 amide bonds. The summed E-state index contributed by atoms with van der Waals surface area (Å²) in [5, 5.41) is 3.02. The number of hydrogen-bond acceptors (Lipinski definition) is 4. The fourth-order valence-corrected chi connectivity index (χ4v) is 4.79. The molecule has 1 aliphatic heterocycles. The molecule has 1 aliphatic carbocycles. The average molecular weight is 370 g/mol. The number of fused-ring (bicyclic) bond motifs is 2. The number of carbonyl (C=O) groups excluding carboxylic acids is 2. The van der Waals surface area contributed by atoms with Crippen molar-refractivity contribution in [2.45, 2.75) is 56.8 Å². The molecular weight excluding hydrogens is 344 g/mol. The zero-order valence-corrected chi connectivity index (χ0v) is 15.9. The van der Waals surface area contributed by atoms with Crippen molar-refractivity contribution in [3.63, 3.8) is 0 Å². The lowest BCUT2D eigenvalue weighted by Crippen LogP contribution is -2.56. The van der Waals surface area contributed by atoms with Crippen molar-refractivity contribution in [1.29, 1.82) is 0 Å². The first kappa shape index (κ1) is 18.0. The van der Waals surface area contributed by atoms with Gasteiger partial charge in [0.25, 0.3) is 0 Å². The van der Waals surface area contributed by atoms with Gasteiger partial charge in [0.15, 0.2) is 0 Å². The van der Waals surface area contributed by atoms with Gasteiger partial charge in [-0.05, 0) is 37.8 Å². The van der Waals surface area contributed by atoms with Crippen LogP contribution in [0.4, 0.5) is 0 Å². The summed E-state index contributed by atoms with van der Waals surface area (Å²) in [7, 11) is 1.74. The third-order valence-electron chi connectivity index (χ3n) is 6.15. The van der Waals surface area contributed by atoms with Crippen molar-refractivity contribution < 1.29 is 14.3 Å². The van der Waals surface area contributed by atoms with Crippen LogP contribution >= 0.6 is 0 Å². The number of aromatic nitrogens is 2. The lowest BCUT2D eigenvalue weighted by atomic mass is 9.78.